The highest BCUT2D eigenvalue weighted by atomic mass is 16.5. The van der Waals surface area contributed by atoms with Gasteiger partial charge in [0.15, 0.2) is 0 Å². The summed E-state index contributed by atoms with van der Waals surface area (Å²) < 4.78 is 11.1. The van der Waals surface area contributed by atoms with Crippen LogP contribution < -0.4 is 10.4 Å². The van der Waals surface area contributed by atoms with E-state index in [4.69, 9.17) is 9.15 Å². The first kappa shape index (κ1) is 13.7. The summed E-state index contributed by atoms with van der Waals surface area (Å²) in [6, 6.07) is 8.81. The first-order valence-electron chi connectivity index (χ1n) is 6.79. The van der Waals surface area contributed by atoms with Crippen molar-refractivity contribution in [2.75, 3.05) is 0 Å². The Morgan fingerprint density at radius 3 is 2.63 bits per heavy atom. The maximum absolute atomic E-state index is 11.2. The highest BCUT2D eigenvalue weighted by molar-refractivity contribution is 5.77. The van der Waals surface area contributed by atoms with Crippen molar-refractivity contribution in [3.63, 3.8) is 0 Å². The molecule has 1 aromatic heterocycles. The lowest BCUT2D eigenvalue weighted by molar-refractivity contribution is 0.170. The topological polar surface area (TPSA) is 39.4 Å². The Bertz CT molecular complexity index is 598. The van der Waals surface area contributed by atoms with E-state index >= 15 is 0 Å². The Kier molecular flexibility index (Phi) is 4.25. The number of hydrogen-bond acceptors (Lipinski definition) is 3. The molecule has 1 atom stereocenters. The van der Waals surface area contributed by atoms with E-state index in [0.717, 1.165) is 24.0 Å². The van der Waals surface area contributed by atoms with E-state index < -0.39 is 0 Å². The van der Waals surface area contributed by atoms with Crippen LogP contribution in [0.15, 0.2) is 39.5 Å². The molecule has 1 unspecified atom stereocenters. The number of fused-ring (bicyclic) bond motifs is 1. The fourth-order valence-electron chi connectivity index (χ4n) is 2.13. The number of rotatable bonds is 5. The standard InChI is InChI=1S/C16H20O3/c1-4-13(9-11(2)3)18-14-7-5-12-6-8-16(17)19-15(12)10-14/h5-8,10-11,13H,4,9H2,1-3H3. The Morgan fingerprint density at radius 2 is 1.95 bits per heavy atom. The molecule has 0 radical (unpaired) electrons. The predicted octanol–water partition coefficient (Wildman–Crippen LogP) is 4.00. The summed E-state index contributed by atoms with van der Waals surface area (Å²) >= 11 is 0. The molecule has 1 aromatic carbocycles. The lowest BCUT2D eigenvalue weighted by Gasteiger charge is -2.19. The summed E-state index contributed by atoms with van der Waals surface area (Å²) in [5, 5.41) is 0.906. The molecule has 0 bridgehead atoms. The van der Waals surface area contributed by atoms with Crippen molar-refractivity contribution >= 4 is 11.0 Å². The molecule has 3 heteroatoms. The van der Waals surface area contributed by atoms with Crippen LogP contribution in [-0.2, 0) is 0 Å². The van der Waals surface area contributed by atoms with Gasteiger partial charge in [-0.25, -0.2) is 4.79 Å². The second kappa shape index (κ2) is 5.91. The summed E-state index contributed by atoms with van der Waals surface area (Å²) in [6.45, 7) is 6.49. The molecule has 2 rings (SSSR count). The number of ether oxygens (including phenoxy) is 1. The number of hydrogen-bond donors (Lipinski definition) is 0. The van der Waals surface area contributed by atoms with Crippen LogP contribution in [0, 0.1) is 5.92 Å². The zero-order valence-electron chi connectivity index (χ0n) is 11.7. The number of benzene rings is 1. The Balaban J connectivity index is 2.22. The van der Waals surface area contributed by atoms with E-state index in [9.17, 15) is 4.79 Å². The first-order valence-corrected chi connectivity index (χ1v) is 6.79. The largest absolute Gasteiger partial charge is 0.490 e. The van der Waals surface area contributed by atoms with Gasteiger partial charge in [0.1, 0.15) is 11.3 Å². The summed E-state index contributed by atoms with van der Waals surface area (Å²) in [5.41, 5.74) is 0.239. The highest BCUT2D eigenvalue weighted by Crippen LogP contribution is 2.22. The van der Waals surface area contributed by atoms with Crippen molar-refractivity contribution in [1.29, 1.82) is 0 Å². The van der Waals surface area contributed by atoms with Gasteiger partial charge in [-0.3, -0.25) is 0 Å². The summed E-state index contributed by atoms with van der Waals surface area (Å²) in [6.07, 6.45) is 2.19. The second-order valence-corrected chi connectivity index (χ2v) is 5.23. The molecule has 0 aliphatic heterocycles. The predicted molar refractivity (Wildman–Crippen MR) is 76.6 cm³/mol. The van der Waals surface area contributed by atoms with Gasteiger partial charge < -0.3 is 9.15 Å². The third kappa shape index (κ3) is 3.60. The minimum atomic E-state index is -0.334. The van der Waals surface area contributed by atoms with Crippen LogP contribution in [0.4, 0.5) is 0 Å². The lowest BCUT2D eigenvalue weighted by Crippen LogP contribution is -2.17. The summed E-state index contributed by atoms with van der Waals surface area (Å²) in [5.74, 6) is 1.36. The van der Waals surface area contributed by atoms with Crippen molar-refractivity contribution in [3.8, 4) is 5.75 Å². The third-order valence-corrected chi connectivity index (χ3v) is 3.09. The van der Waals surface area contributed by atoms with E-state index in [1.165, 1.54) is 6.07 Å². The van der Waals surface area contributed by atoms with E-state index in [0.29, 0.717) is 11.5 Å². The van der Waals surface area contributed by atoms with E-state index in [-0.39, 0.29) is 11.7 Å². The molecule has 0 aliphatic carbocycles. The fraction of sp³-hybridized carbons (Fsp3) is 0.438. The van der Waals surface area contributed by atoms with Crippen LogP contribution in [0.2, 0.25) is 0 Å². The van der Waals surface area contributed by atoms with Crippen LogP contribution >= 0.6 is 0 Å². The van der Waals surface area contributed by atoms with Crippen molar-refractivity contribution < 1.29 is 9.15 Å². The van der Waals surface area contributed by atoms with Gasteiger partial charge in [-0.2, -0.15) is 0 Å². The molecule has 0 aliphatic rings. The Morgan fingerprint density at radius 1 is 1.21 bits per heavy atom. The first-order chi connectivity index (χ1) is 9.08. The molecule has 3 nitrogen and oxygen atoms in total. The van der Waals surface area contributed by atoms with E-state index in [2.05, 4.69) is 20.8 Å². The fourth-order valence-corrected chi connectivity index (χ4v) is 2.13. The zero-order chi connectivity index (χ0) is 13.8. The molecule has 0 saturated heterocycles. The smallest absolute Gasteiger partial charge is 0.336 e. The minimum Gasteiger partial charge on any atom is -0.490 e. The molecule has 0 N–H and O–H groups in total. The Hall–Kier alpha value is -1.77. The normalized spacial score (nSPS) is 12.8. The third-order valence-electron chi connectivity index (χ3n) is 3.09. The lowest BCUT2D eigenvalue weighted by atomic mass is 10.0. The van der Waals surface area contributed by atoms with Gasteiger partial charge >= 0.3 is 5.63 Å². The Labute approximate surface area is 113 Å². The van der Waals surface area contributed by atoms with Crippen LogP contribution in [0.3, 0.4) is 0 Å². The molecule has 0 spiro atoms. The highest BCUT2D eigenvalue weighted by Gasteiger charge is 2.11. The SMILES string of the molecule is CCC(CC(C)C)Oc1ccc2ccc(=O)oc2c1. The average molecular weight is 260 g/mol. The van der Waals surface area contributed by atoms with Gasteiger partial charge in [0.2, 0.25) is 0 Å². The van der Waals surface area contributed by atoms with Gasteiger partial charge in [0.05, 0.1) is 6.10 Å². The van der Waals surface area contributed by atoms with Crippen molar-refractivity contribution in [2.24, 2.45) is 5.92 Å². The van der Waals surface area contributed by atoms with Gasteiger partial charge in [-0.15, -0.1) is 0 Å². The van der Waals surface area contributed by atoms with Crippen molar-refractivity contribution in [2.45, 2.75) is 39.7 Å². The molecule has 2 aromatic rings. The molecule has 102 valence electrons. The van der Waals surface area contributed by atoms with Crippen LogP contribution in [0.25, 0.3) is 11.0 Å². The van der Waals surface area contributed by atoms with E-state index in [1.807, 2.05) is 12.1 Å². The zero-order valence-corrected chi connectivity index (χ0v) is 11.7. The van der Waals surface area contributed by atoms with Crippen LogP contribution in [0.5, 0.6) is 5.75 Å². The quantitative estimate of drug-likeness (QED) is 0.763. The monoisotopic (exact) mass is 260 g/mol. The van der Waals surface area contributed by atoms with Gasteiger partial charge in [-0.1, -0.05) is 20.8 Å². The van der Waals surface area contributed by atoms with Gasteiger partial charge in [0.25, 0.3) is 0 Å². The molecular weight excluding hydrogens is 240 g/mol. The van der Waals surface area contributed by atoms with Crippen molar-refractivity contribution in [1.82, 2.24) is 0 Å². The molecule has 1 heterocycles. The van der Waals surface area contributed by atoms with Gasteiger partial charge in [0, 0.05) is 17.5 Å². The molecule has 0 amide bonds. The summed E-state index contributed by atoms with van der Waals surface area (Å²) in [4.78, 5) is 11.2. The van der Waals surface area contributed by atoms with Crippen molar-refractivity contribution in [3.05, 3.63) is 40.8 Å². The summed E-state index contributed by atoms with van der Waals surface area (Å²) in [7, 11) is 0. The second-order valence-electron chi connectivity index (χ2n) is 5.23. The average Bonchev–Trinajstić information content (AvgIpc) is 2.37. The van der Waals surface area contributed by atoms with E-state index in [1.54, 1.807) is 12.1 Å². The maximum atomic E-state index is 11.2. The maximum Gasteiger partial charge on any atom is 0.336 e. The van der Waals surface area contributed by atoms with Crippen LogP contribution in [-0.4, -0.2) is 6.10 Å². The molecule has 0 fully saturated rings. The van der Waals surface area contributed by atoms with Crippen LogP contribution in [0.1, 0.15) is 33.6 Å². The molecule has 19 heavy (non-hydrogen) atoms. The molecule has 0 saturated carbocycles. The molecular formula is C16H20O3. The van der Waals surface area contributed by atoms with Gasteiger partial charge in [-0.05, 0) is 37.0 Å². The minimum absolute atomic E-state index is 0.202.